The van der Waals surface area contributed by atoms with E-state index in [2.05, 4.69) is 60.5 Å². The summed E-state index contributed by atoms with van der Waals surface area (Å²) in [6.45, 7) is 19.6. The number of Topliss-reactive ketones (excluding diaryl/α,β-unsaturated/α-hetero) is 1. The van der Waals surface area contributed by atoms with E-state index in [4.69, 9.17) is 0 Å². The van der Waals surface area contributed by atoms with Crippen LogP contribution in [-0.2, 0) is 4.79 Å². The SMILES string of the molecule is CC(C)[C@@H]1CCC2(C)CC[C@]3(C)C(CCC4C5(C)C/C(=N/O)C(=O)C(C)(C)[C@@H]5CCC43C)[C@@H]12. The standard InChI is InChI=1S/C30H49NO2/c1-18(2)19-11-13-27(5)15-16-29(7)20(24(19)27)9-10-23-28(6)17-21(31-33)25(32)26(3,4)22(28)12-14-30(23,29)8/h18-20,22-24,33H,9-17H2,1-8H3/b31-21-/t19-,20?,22-,23?,24+,27?,28?,29+,30?/m0/s1. The van der Waals surface area contributed by atoms with E-state index in [1.807, 2.05) is 0 Å². The van der Waals surface area contributed by atoms with Gasteiger partial charge in [0.1, 0.15) is 5.71 Å². The highest BCUT2D eigenvalue weighted by Gasteiger charge is 2.71. The Morgan fingerprint density at radius 3 is 2.18 bits per heavy atom. The molecule has 0 aliphatic heterocycles. The van der Waals surface area contributed by atoms with Gasteiger partial charge in [-0.3, -0.25) is 4.79 Å². The number of carbonyl (C=O) groups is 1. The van der Waals surface area contributed by atoms with Gasteiger partial charge >= 0.3 is 0 Å². The van der Waals surface area contributed by atoms with Gasteiger partial charge in [-0.15, -0.1) is 0 Å². The molecule has 5 rings (SSSR count). The van der Waals surface area contributed by atoms with E-state index in [0.717, 1.165) is 30.1 Å². The molecule has 3 nitrogen and oxygen atoms in total. The Morgan fingerprint density at radius 2 is 1.55 bits per heavy atom. The molecule has 0 aromatic rings. The van der Waals surface area contributed by atoms with Crippen LogP contribution in [0.15, 0.2) is 5.16 Å². The first kappa shape index (κ1) is 23.9. The molecule has 3 heteroatoms. The second-order valence-electron chi connectivity index (χ2n) is 15.1. The fourth-order valence-electron chi connectivity index (χ4n) is 11.6. The highest BCUT2D eigenvalue weighted by atomic mass is 16.4. The third kappa shape index (κ3) is 2.80. The van der Waals surface area contributed by atoms with Gasteiger partial charge in [-0.25, -0.2) is 0 Å². The highest BCUT2D eigenvalue weighted by Crippen LogP contribution is 2.77. The van der Waals surface area contributed by atoms with Crippen molar-refractivity contribution in [3.8, 4) is 0 Å². The van der Waals surface area contributed by atoms with Crippen molar-refractivity contribution in [2.75, 3.05) is 0 Å². The maximum absolute atomic E-state index is 13.2. The summed E-state index contributed by atoms with van der Waals surface area (Å²) < 4.78 is 0. The molecule has 0 heterocycles. The van der Waals surface area contributed by atoms with Crippen molar-refractivity contribution in [2.45, 2.75) is 113 Å². The number of rotatable bonds is 1. The monoisotopic (exact) mass is 455 g/mol. The maximum atomic E-state index is 13.2. The molecule has 0 saturated heterocycles. The Hall–Kier alpha value is -0.860. The van der Waals surface area contributed by atoms with E-state index in [-0.39, 0.29) is 11.2 Å². The molecule has 5 aliphatic carbocycles. The molecule has 0 spiro atoms. The van der Waals surface area contributed by atoms with E-state index in [1.165, 1.54) is 44.9 Å². The fraction of sp³-hybridized carbons (Fsp3) is 0.933. The summed E-state index contributed by atoms with van der Waals surface area (Å²) in [6.07, 6.45) is 11.3. The zero-order chi connectivity index (χ0) is 24.2. The molecule has 0 radical (unpaired) electrons. The van der Waals surface area contributed by atoms with E-state index < -0.39 is 5.41 Å². The molecule has 0 bridgehead atoms. The Morgan fingerprint density at radius 1 is 0.848 bits per heavy atom. The zero-order valence-corrected chi connectivity index (χ0v) is 22.6. The Bertz CT molecular complexity index is 875. The first-order valence-corrected chi connectivity index (χ1v) is 14.0. The quantitative estimate of drug-likeness (QED) is 0.324. The molecule has 33 heavy (non-hydrogen) atoms. The van der Waals surface area contributed by atoms with E-state index >= 15 is 0 Å². The van der Waals surface area contributed by atoms with Crippen molar-refractivity contribution in [3.63, 3.8) is 0 Å². The van der Waals surface area contributed by atoms with Crippen LogP contribution in [0.2, 0.25) is 0 Å². The molecule has 5 fully saturated rings. The predicted molar refractivity (Wildman–Crippen MR) is 134 cm³/mol. The molecule has 9 atom stereocenters. The molecular formula is C30H49NO2. The van der Waals surface area contributed by atoms with Crippen LogP contribution in [0, 0.1) is 62.6 Å². The van der Waals surface area contributed by atoms with Gasteiger partial charge in [-0.2, -0.15) is 0 Å². The van der Waals surface area contributed by atoms with Crippen LogP contribution in [0.25, 0.3) is 0 Å². The lowest BCUT2D eigenvalue weighted by Crippen LogP contribution is -2.67. The second-order valence-corrected chi connectivity index (χ2v) is 15.1. The molecule has 0 aromatic heterocycles. The van der Waals surface area contributed by atoms with Crippen LogP contribution in [0.5, 0.6) is 0 Å². The van der Waals surface area contributed by atoms with Gasteiger partial charge in [-0.1, -0.05) is 60.5 Å². The van der Waals surface area contributed by atoms with Gasteiger partial charge in [0.05, 0.1) is 0 Å². The first-order valence-electron chi connectivity index (χ1n) is 14.0. The van der Waals surface area contributed by atoms with Gasteiger partial charge in [0.25, 0.3) is 0 Å². The van der Waals surface area contributed by atoms with Crippen molar-refractivity contribution < 1.29 is 10.0 Å². The summed E-state index contributed by atoms with van der Waals surface area (Å²) in [4.78, 5) is 13.2. The van der Waals surface area contributed by atoms with Gasteiger partial charge in [-0.05, 0) is 109 Å². The lowest BCUT2D eigenvalue weighted by molar-refractivity contribution is -0.228. The summed E-state index contributed by atoms with van der Waals surface area (Å²) >= 11 is 0. The van der Waals surface area contributed by atoms with Crippen molar-refractivity contribution in [1.82, 2.24) is 0 Å². The van der Waals surface area contributed by atoms with Crippen molar-refractivity contribution in [2.24, 2.45) is 67.7 Å². The van der Waals surface area contributed by atoms with E-state index in [1.54, 1.807) is 0 Å². The highest BCUT2D eigenvalue weighted by molar-refractivity contribution is 6.42. The molecule has 186 valence electrons. The van der Waals surface area contributed by atoms with Gasteiger partial charge in [0, 0.05) is 11.8 Å². The number of ketones is 1. The maximum Gasteiger partial charge on any atom is 0.186 e. The average molecular weight is 456 g/mol. The number of oxime groups is 1. The lowest BCUT2D eigenvalue weighted by atomic mass is 9.32. The molecular weight excluding hydrogens is 406 g/mol. The topological polar surface area (TPSA) is 49.7 Å². The zero-order valence-electron chi connectivity index (χ0n) is 22.6. The smallest absolute Gasteiger partial charge is 0.186 e. The largest absolute Gasteiger partial charge is 0.411 e. The fourth-order valence-corrected chi connectivity index (χ4v) is 11.6. The number of carbonyl (C=O) groups excluding carboxylic acids is 1. The van der Waals surface area contributed by atoms with Crippen LogP contribution < -0.4 is 0 Å². The minimum Gasteiger partial charge on any atom is -0.411 e. The van der Waals surface area contributed by atoms with Crippen LogP contribution in [0.1, 0.15) is 113 Å². The van der Waals surface area contributed by atoms with E-state index in [0.29, 0.717) is 40.2 Å². The van der Waals surface area contributed by atoms with Gasteiger partial charge < -0.3 is 5.21 Å². The van der Waals surface area contributed by atoms with Gasteiger partial charge in [0.2, 0.25) is 0 Å². The van der Waals surface area contributed by atoms with Crippen LogP contribution >= 0.6 is 0 Å². The third-order valence-electron chi connectivity index (χ3n) is 13.4. The molecule has 5 unspecified atom stereocenters. The molecule has 5 saturated carbocycles. The minimum atomic E-state index is -0.438. The Balaban J connectivity index is 1.57. The van der Waals surface area contributed by atoms with Crippen LogP contribution in [0.4, 0.5) is 0 Å². The minimum absolute atomic E-state index is 0.0355. The summed E-state index contributed by atoms with van der Waals surface area (Å²) in [7, 11) is 0. The summed E-state index contributed by atoms with van der Waals surface area (Å²) in [5.74, 6) is 4.42. The molecule has 1 N–H and O–H groups in total. The van der Waals surface area contributed by atoms with E-state index in [9.17, 15) is 10.0 Å². The van der Waals surface area contributed by atoms with Crippen LogP contribution in [-0.4, -0.2) is 16.7 Å². The lowest BCUT2D eigenvalue weighted by Gasteiger charge is -2.72. The van der Waals surface area contributed by atoms with Crippen LogP contribution in [0.3, 0.4) is 0 Å². The summed E-state index contributed by atoms with van der Waals surface area (Å²) in [5, 5.41) is 13.3. The second kappa shape index (κ2) is 7.10. The van der Waals surface area contributed by atoms with Crippen molar-refractivity contribution in [3.05, 3.63) is 0 Å². The number of fused-ring (bicyclic) bond motifs is 7. The Kier molecular flexibility index (Phi) is 5.13. The number of nitrogens with zero attached hydrogens (tertiary/aromatic N) is 1. The molecule has 0 amide bonds. The molecule has 0 aromatic carbocycles. The predicted octanol–water partition coefficient (Wildman–Crippen LogP) is 7.75. The van der Waals surface area contributed by atoms with Crippen molar-refractivity contribution in [1.29, 1.82) is 0 Å². The normalized spacial score (nSPS) is 54.5. The molecule has 5 aliphatic rings. The number of hydrogen-bond donors (Lipinski definition) is 1. The summed E-state index contributed by atoms with van der Waals surface area (Å²) in [5.41, 5.74) is 1.24. The Labute approximate surface area is 202 Å². The average Bonchev–Trinajstić information content (AvgIpc) is 3.09. The third-order valence-corrected chi connectivity index (χ3v) is 13.4. The van der Waals surface area contributed by atoms with Gasteiger partial charge in [0.15, 0.2) is 5.78 Å². The van der Waals surface area contributed by atoms with Crippen molar-refractivity contribution >= 4 is 11.5 Å². The summed E-state index contributed by atoms with van der Waals surface area (Å²) in [6, 6.07) is 0. The first-order chi connectivity index (χ1) is 15.3. The number of hydrogen-bond acceptors (Lipinski definition) is 3.